The third-order valence-electron chi connectivity index (χ3n) is 11.6. The van der Waals surface area contributed by atoms with E-state index >= 15 is 8.78 Å². The van der Waals surface area contributed by atoms with E-state index in [-0.39, 0.29) is 76.3 Å². The Labute approximate surface area is 326 Å². The van der Waals surface area contributed by atoms with Gasteiger partial charge in [0.25, 0.3) is 0 Å². The SMILES string of the molecule is C#Cc1c(F)ccc2cc(OCOC)cc(-c3c(F)c4nc(OC[C@@]56CCCN5C[C@H](F)C6)nc(N5C[C@H]6CC[C@@H](C5)N6C(=O)OC(C)(C)C)c4c4nnnn34)c12. The lowest BCUT2D eigenvalue weighted by Gasteiger charge is -2.42. The number of tetrazole rings is 1. The number of rotatable bonds is 8. The van der Waals surface area contributed by atoms with Crippen LogP contribution in [0.5, 0.6) is 11.8 Å². The van der Waals surface area contributed by atoms with E-state index in [4.69, 9.17) is 30.4 Å². The number of carbonyl (C=O) groups is 1. The van der Waals surface area contributed by atoms with Crippen LogP contribution in [0, 0.1) is 24.0 Å². The third kappa shape index (κ3) is 6.29. The summed E-state index contributed by atoms with van der Waals surface area (Å²) in [6, 6.07) is 5.41. The zero-order valence-electron chi connectivity index (χ0n) is 32.1. The van der Waals surface area contributed by atoms with Crippen molar-refractivity contribution in [1.82, 2.24) is 39.8 Å². The molecule has 4 atom stereocenters. The van der Waals surface area contributed by atoms with Gasteiger partial charge in [-0.2, -0.15) is 14.5 Å². The molecular weight excluding hydrogens is 743 g/mol. The Bertz CT molecular complexity index is 2460. The fourth-order valence-corrected chi connectivity index (χ4v) is 9.31. The minimum absolute atomic E-state index is 0.0876. The van der Waals surface area contributed by atoms with Crippen LogP contribution in [0.25, 0.3) is 38.6 Å². The normalized spacial score (nSPS) is 23.4. The van der Waals surface area contributed by atoms with E-state index in [2.05, 4.69) is 31.3 Å². The second-order valence-electron chi connectivity index (χ2n) is 16.4. The molecule has 7 heterocycles. The molecule has 1 amide bonds. The largest absolute Gasteiger partial charge is 0.468 e. The molecule has 14 nitrogen and oxygen atoms in total. The van der Waals surface area contributed by atoms with Crippen molar-refractivity contribution in [1.29, 1.82) is 0 Å². The number of benzene rings is 2. The van der Waals surface area contributed by atoms with Crippen molar-refractivity contribution >= 4 is 39.2 Å². The first kappa shape index (κ1) is 37.1. The molecule has 17 heteroatoms. The second kappa shape index (κ2) is 13.9. The summed E-state index contributed by atoms with van der Waals surface area (Å²) in [6.07, 6.45) is 7.92. The molecule has 4 aliphatic rings. The molecule has 4 aliphatic heterocycles. The van der Waals surface area contributed by atoms with Crippen LogP contribution in [0.3, 0.4) is 0 Å². The van der Waals surface area contributed by atoms with Crippen LogP contribution < -0.4 is 14.4 Å². The van der Waals surface area contributed by atoms with E-state index in [1.165, 1.54) is 29.8 Å². The van der Waals surface area contributed by atoms with E-state index in [0.29, 0.717) is 43.0 Å². The molecule has 4 fully saturated rings. The van der Waals surface area contributed by atoms with Gasteiger partial charge in [0.05, 0.1) is 28.6 Å². The summed E-state index contributed by atoms with van der Waals surface area (Å²) in [5, 5.41) is 13.5. The number of anilines is 1. The van der Waals surface area contributed by atoms with Crippen molar-refractivity contribution in [2.75, 3.05) is 51.6 Å². The van der Waals surface area contributed by atoms with Crippen molar-refractivity contribution < 1.29 is 36.9 Å². The molecule has 0 saturated carbocycles. The van der Waals surface area contributed by atoms with E-state index in [9.17, 15) is 9.18 Å². The van der Waals surface area contributed by atoms with Crippen molar-refractivity contribution in [3.05, 3.63) is 41.5 Å². The maximum atomic E-state index is 17.8. The number of methoxy groups -OCH3 is 1. The first-order chi connectivity index (χ1) is 27.4. The Kier molecular flexibility index (Phi) is 9.04. The minimum atomic E-state index is -0.983. The predicted molar refractivity (Wildman–Crippen MR) is 203 cm³/mol. The summed E-state index contributed by atoms with van der Waals surface area (Å²) < 4.78 is 72.2. The molecular formula is C40H42F3N9O5. The zero-order valence-corrected chi connectivity index (χ0v) is 32.1. The molecule has 2 aromatic carbocycles. The number of terminal acetylenes is 1. The maximum Gasteiger partial charge on any atom is 0.410 e. The molecule has 4 saturated heterocycles. The van der Waals surface area contributed by atoms with E-state index in [0.717, 1.165) is 32.2 Å². The van der Waals surface area contributed by atoms with Crippen molar-refractivity contribution in [2.24, 2.45) is 0 Å². The van der Waals surface area contributed by atoms with Gasteiger partial charge in [0, 0.05) is 44.1 Å². The number of alkyl halides is 1. The van der Waals surface area contributed by atoms with Crippen LogP contribution in [0.4, 0.5) is 23.8 Å². The van der Waals surface area contributed by atoms with Gasteiger partial charge in [0.1, 0.15) is 47.0 Å². The van der Waals surface area contributed by atoms with Crippen molar-refractivity contribution in [3.8, 4) is 35.4 Å². The maximum absolute atomic E-state index is 17.8. The van der Waals surface area contributed by atoms with Crippen LogP contribution in [-0.2, 0) is 9.47 Å². The van der Waals surface area contributed by atoms with Gasteiger partial charge in [0.15, 0.2) is 18.3 Å². The van der Waals surface area contributed by atoms with Gasteiger partial charge in [0.2, 0.25) is 0 Å². The van der Waals surface area contributed by atoms with Crippen LogP contribution in [0.1, 0.15) is 58.4 Å². The van der Waals surface area contributed by atoms with E-state index in [1.54, 1.807) is 11.0 Å². The Hall–Kier alpha value is -5.47. The van der Waals surface area contributed by atoms with Gasteiger partial charge in [-0.05, 0) is 87.0 Å². The second-order valence-corrected chi connectivity index (χ2v) is 16.4. The Morgan fingerprint density at radius 1 is 1.07 bits per heavy atom. The number of hydrogen-bond acceptors (Lipinski definition) is 12. The van der Waals surface area contributed by atoms with Gasteiger partial charge in [-0.3, -0.25) is 9.80 Å². The highest BCUT2D eigenvalue weighted by molar-refractivity contribution is 6.06. The number of carbonyl (C=O) groups excluding carboxylic acids is 1. The Morgan fingerprint density at radius 3 is 2.60 bits per heavy atom. The number of piperazine rings is 1. The number of ether oxygens (including phenoxy) is 4. The molecule has 0 N–H and O–H groups in total. The molecule has 3 aromatic heterocycles. The van der Waals surface area contributed by atoms with Crippen LogP contribution in [0.15, 0.2) is 24.3 Å². The van der Waals surface area contributed by atoms with Gasteiger partial charge < -0.3 is 23.8 Å². The van der Waals surface area contributed by atoms with Crippen molar-refractivity contribution in [2.45, 2.75) is 82.3 Å². The topological polar surface area (TPSA) is 133 Å². The molecule has 0 aliphatic carbocycles. The number of pyridine rings is 1. The van der Waals surface area contributed by atoms with Gasteiger partial charge >= 0.3 is 12.1 Å². The molecule has 2 bridgehead atoms. The lowest BCUT2D eigenvalue weighted by Crippen LogP contribution is -2.57. The number of hydrogen-bond donors (Lipinski definition) is 0. The number of aromatic nitrogens is 6. The zero-order chi connectivity index (χ0) is 39.8. The highest BCUT2D eigenvalue weighted by Crippen LogP contribution is 2.44. The van der Waals surface area contributed by atoms with E-state index < -0.39 is 28.9 Å². The lowest BCUT2D eigenvalue weighted by atomic mass is 9.95. The average molecular weight is 786 g/mol. The molecule has 57 heavy (non-hydrogen) atoms. The molecule has 0 spiro atoms. The molecule has 298 valence electrons. The highest BCUT2D eigenvalue weighted by Gasteiger charge is 2.50. The molecule has 9 rings (SSSR count). The Morgan fingerprint density at radius 2 is 1.86 bits per heavy atom. The summed E-state index contributed by atoms with van der Waals surface area (Å²) in [7, 11) is 1.47. The van der Waals surface area contributed by atoms with E-state index in [1.807, 2.05) is 25.7 Å². The Balaban J connectivity index is 1.23. The quantitative estimate of drug-likeness (QED) is 0.142. The van der Waals surface area contributed by atoms with Crippen LogP contribution in [0.2, 0.25) is 0 Å². The van der Waals surface area contributed by atoms with Crippen LogP contribution >= 0.6 is 0 Å². The van der Waals surface area contributed by atoms with Gasteiger partial charge in [-0.1, -0.05) is 12.0 Å². The minimum Gasteiger partial charge on any atom is -0.468 e. The summed E-state index contributed by atoms with van der Waals surface area (Å²) in [6.45, 7) is 7.28. The van der Waals surface area contributed by atoms with Crippen molar-refractivity contribution in [3.63, 3.8) is 0 Å². The lowest BCUT2D eigenvalue weighted by molar-refractivity contribution is 0.0122. The number of nitrogens with zero attached hydrogens (tertiary/aromatic N) is 9. The molecule has 0 radical (unpaired) electrons. The third-order valence-corrected chi connectivity index (χ3v) is 11.6. The highest BCUT2D eigenvalue weighted by atomic mass is 19.1. The van der Waals surface area contributed by atoms with Gasteiger partial charge in [-0.25, -0.2) is 18.0 Å². The monoisotopic (exact) mass is 785 g/mol. The fourth-order valence-electron chi connectivity index (χ4n) is 9.31. The fraction of sp³-hybridized carbons (Fsp3) is 0.500. The summed E-state index contributed by atoms with van der Waals surface area (Å²) in [5.41, 5.74) is -1.33. The first-order valence-electron chi connectivity index (χ1n) is 19.1. The van der Waals surface area contributed by atoms with Gasteiger partial charge in [-0.15, -0.1) is 11.5 Å². The summed E-state index contributed by atoms with van der Waals surface area (Å²) >= 11 is 0. The summed E-state index contributed by atoms with van der Waals surface area (Å²) in [4.78, 5) is 28.9. The smallest absolute Gasteiger partial charge is 0.410 e. The number of amides is 1. The standard InChI is InChI=1S/C40H42F3N9O5/c1-6-27-29(42)11-8-22-14-26(56-21-54-5)15-28(30(22)27)34-32(43)33-31(36-46-47-48-52(34)36)35(45-37(44-33)55-20-40-12-7-13-50(40)17-23(41)16-40)49-18-24-9-10-25(19-49)51(24)38(53)57-39(2,3)4/h1,8,11,14-15,23-25H,7,9-10,12-13,16-21H2,2-5H3/t23-,24-,25+,40+/m1/s1. The predicted octanol–water partition coefficient (Wildman–Crippen LogP) is 5.67. The van der Waals surface area contributed by atoms with Crippen LogP contribution in [-0.4, -0.2) is 122 Å². The average Bonchev–Trinajstić information content (AvgIpc) is 3.93. The number of halogens is 3. The molecule has 5 aromatic rings. The number of fused-ring (bicyclic) bond motifs is 7. The molecule has 0 unspecified atom stereocenters. The first-order valence-corrected chi connectivity index (χ1v) is 19.1. The summed E-state index contributed by atoms with van der Waals surface area (Å²) in [5.74, 6) is 1.52.